The predicted molar refractivity (Wildman–Crippen MR) is 118 cm³/mol. The predicted octanol–water partition coefficient (Wildman–Crippen LogP) is 4.90. The molecule has 5 nitrogen and oxygen atoms in total. The van der Waals surface area contributed by atoms with Gasteiger partial charge in [0.2, 0.25) is 0 Å². The molecule has 7 heteroatoms. The zero-order valence-corrected chi connectivity index (χ0v) is 18.6. The van der Waals surface area contributed by atoms with E-state index in [-0.39, 0.29) is 18.2 Å². The quantitative estimate of drug-likeness (QED) is 0.671. The molecule has 2 aromatic rings. The lowest BCUT2D eigenvalue weighted by Crippen LogP contribution is -2.36. The van der Waals surface area contributed by atoms with Crippen molar-refractivity contribution in [1.82, 2.24) is 4.90 Å². The van der Waals surface area contributed by atoms with Gasteiger partial charge in [-0.25, -0.2) is 4.39 Å². The van der Waals surface area contributed by atoms with Crippen LogP contribution in [0.2, 0.25) is 0 Å². The van der Waals surface area contributed by atoms with Gasteiger partial charge in [-0.2, -0.15) is 5.26 Å². The molecule has 4 rings (SSSR count). The minimum Gasteiger partial charge on any atom is -0.488 e. The van der Waals surface area contributed by atoms with Crippen molar-refractivity contribution in [2.75, 3.05) is 7.05 Å². The molecular formula is C24H21BrFN3O2. The molecule has 2 aromatic carbocycles. The second kappa shape index (κ2) is 8.56. The van der Waals surface area contributed by atoms with Crippen molar-refractivity contribution in [3.8, 4) is 11.8 Å². The molecule has 0 bridgehead atoms. The van der Waals surface area contributed by atoms with Crippen molar-refractivity contribution in [3.63, 3.8) is 0 Å². The van der Waals surface area contributed by atoms with Crippen molar-refractivity contribution in [3.05, 3.63) is 86.5 Å². The van der Waals surface area contributed by atoms with E-state index in [2.05, 4.69) is 22.0 Å². The number of halogens is 2. The van der Waals surface area contributed by atoms with Gasteiger partial charge in [0.15, 0.2) is 5.78 Å². The van der Waals surface area contributed by atoms with Crippen LogP contribution in [0.1, 0.15) is 36.3 Å². The minimum absolute atomic E-state index is 0.0612. The molecule has 1 aliphatic carbocycles. The van der Waals surface area contributed by atoms with E-state index < -0.39 is 5.92 Å². The number of ketones is 1. The normalized spacial score (nSPS) is 18.7. The summed E-state index contributed by atoms with van der Waals surface area (Å²) in [4.78, 5) is 14.6. The highest BCUT2D eigenvalue weighted by molar-refractivity contribution is 9.10. The number of nitriles is 1. The molecule has 0 unspecified atom stereocenters. The summed E-state index contributed by atoms with van der Waals surface area (Å²) >= 11 is 3.54. The third-order valence-corrected chi connectivity index (χ3v) is 6.39. The lowest BCUT2D eigenvalue weighted by Gasteiger charge is -2.37. The van der Waals surface area contributed by atoms with Crippen LogP contribution in [0.15, 0.2) is 69.6 Å². The van der Waals surface area contributed by atoms with Crippen LogP contribution in [0.3, 0.4) is 0 Å². The Labute approximate surface area is 188 Å². The second-order valence-electron chi connectivity index (χ2n) is 7.64. The van der Waals surface area contributed by atoms with Crippen LogP contribution in [0.5, 0.6) is 5.75 Å². The van der Waals surface area contributed by atoms with Gasteiger partial charge in [-0.1, -0.05) is 18.2 Å². The van der Waals surface area contributed by atoms with Gasteiger partial charge in [-0.3, -0.25) is 4.79 Å². The largest absolute Gasteiger partial charge is 0.488 e. The van der Waals surface area contributed by atoms with Gasteiger partial charge in [-0.05, 0) is 64.2 Å². The third-order valence-electron chi connectivity index (χ3n) is 5.77. The molecule has 0 radical (unpaired) electrons. The molecule has 1 heterocycles. The summed E-state index contributed by atoms with van der Waals surface area (Å²) < 4.78 is 19.6. The number of allylic oxidation sites excluding steroid dienone is 3. The van der Waals surface area contributed by atoms with E-state index in [9.17, 15) is 14.4 Å². The number of benzene rings is 2. The monoisotopic (exact) mass is 481 g/mol. The number of hydrogen-bond acceptors (Lipinski definition) is 5. The van der Waals surface area contributed by atoms with Crippen molar-refractivity contribution < 1.29 is 13.9 Å². The summed E-state index contributed by atoms with van der Waals surface area (Å²) in [5.41, 5.74) is 9.86. The first-order valence-corrected chi connectivity index (χ1v) is 10.8. The fourth-order valence-corrected chi connectivity index (χ4v) is 4.66. The summed E-state index contributed by atoms with van der Waals surface area (Å²) in [5.74, 6) is 0.269. The number of carbonyl (C=O) groups is 1. The Morgan fingerprint density at radius 2 is 2.00 bits per heavy atom. The summed E-state index contributed by atoms with van der Waals surface area (Å²) in [6, 6.07) is 13.9. The summed E-state index contributed by atoms with van der Waals surface area (Å²) in [7, 11) is 1.80. The number of ether oxygens (including phenoxy) is 1. The van der Waals surface area contributed by atoms with E-state index >= 15 is 0 Å². The Morgan fingerprint density at radius 1 is 1.26 bits per heavy atom. The van der Waals surface area contributed by atoms with Gasteiger partial charge in [0.1, 0.15) is 24.0 Å². The first kappa shape index (κ1) is 21.1. The summed E-state index contributed by atoms with van der Waals surface area (Å²) in [6.45, 7) is 0.288. The molecule has 158 valence electrons. The molecular weight excluding hydrogens is 461 g/mol. The van der Waals surface area contributed by atoms with Gasteiger partial charge < -0.3 is 15.4 Å². The highest BCUT2D eigenvalue weighted by Gasteiger charge is 2.38. The van der Waals surface area contributed by atoms with Crippen LogP contribution >= 0.6 is 15.9 Å². The van der Waals surface area contributed by atoms with Gasteiger partial charge in [0, 0.05) is 24.7 Å². The number of Topliss-reactive ketones (excluding diaryl/α,β-unsaturated/α-hetero) is 1. The number of carbonyl (C=O) groups excluding carboxylic acids is 1. The molecule has 0 amide bonds. The molecule has 0 saturated heterocycles. The van der Waals surface area contributed by atoms with Crippen molar-refractivity contribution in [1.29, 1.82) is 5.26 Å². The van der Waals surface area contributed by atoms with Crippen molar-refractivity contribution in [2.24, 2.45) is 5.73 Å². The van der Waals surface area contributed by atoms with Crippen LogP contribution < -0.4 is 10.5 Å². The summed E-state index contributed by atoms with van der Waals surface area (Å²) in [5, 5.41) is 9.83. The molecule has 0 aromatic heterocycles. The molecule has 31 heavy (non-hydrogen) atoms. The van der Waals surface area contributed by atoms with Gasteiger partial charge >= 0.3 is 0 Å². The molecule has 1 atom stereocenters. The van der Waals surface area contributed by atoms with Crippen LogP contribution in [-0.4, -0.2) is 17.7 Å². The Hall–Kier alpha value is -3.11. The molecule has 0 fully saturated rings. The van der Waals surface area contributed by atoms with Crippen LogP contribution in [0, 0.1) is 17.1 Å². The zero-order valence-electron chi connectivity index (χ0n) is 17.0. The van der Waals surface area contributed by atoms with Crippen molar-refractivity contribution in [2.45, 2.75) is 31.8 Å². The van der Waals surface area contributed by atoms with Crippen LogP contribution in [0.25, 0.3) is 0 Å². The van der Waals surface area contributed by atoms with Crippen LogP contribution in [-0.2, 0) is 11.4 Å². The fourth-order valence-electron chi connectivity index (χ4n) is 4.15. The van der Waals surface area contributed by atoms with E-state index in [4.69, 9.17) is 10.5 Å². The van der Waals surface area contributed by atoms with E-state index in [1.54, 1.807) is 30.1 Å². The first-order valence-electron chi connectivity index (χ1n) is 9.97. The number of nitrogens with zero attached hydrogens (tertiary/aromatic N) is 2. The Balaban J connectivity index is 1.67. The first-order chi connectivity index (χ1) is 14.9. The average Bonchev–Trinajstić information content (AvgIpc) is 2.76. The Kier molecular flexibility index (Phi) is 5.84. The fraction of sp³-hybridized carbons (Fsp3) is 0.250. The highest BCUT2D eigenvalue weighted by atomic mass is 79.9. The lowest BCUT2D eigenvalue weighted by molar-refractivity contribution is -0.116. The third kappa shape index (κ3) is 3.96. The van der Waals surface area contributed by atoms with E-state index in [0.29, 0.717) is 33.6 Å². The Morgan fingerprint density at radius 3 is 2.68 bits per heavy atom. The van der Waals surface area contributed by atoms with Gasteiger partial charge in [0.05, 0.1) is 22.0 Å². The topological polar surface area (TPSA) is 79.3 Å². The molecule has 2 N–H and O–H groups in total. The maximum Gasteiger partial charge on any atom is 0.161 e. The molecule has 1 aliphatic heterocycles. The van der Waals surface area contributed by atoms with Gasteiger partial charge in [0.25, 0.3) is 0 Å². The van der Waals surface area contributed by atoms with Gasteiger partial charge in [-0.15, -0.1) is 0 Å². The maximum atomic E-state index is 13.1. The number of nitrogens with two attached hydrogens (primary N) is 1. The zero-order chi connectivity index (χ0) is 22.1. The van der Waals surface area contributed by atoms with Crippen LogP contribution in [0.4, 0.5) is 4.39 Å². The Bertz CT molecular complexity index is 1150. The molecule has 2 aliphatic rings. The SMILES string of the molecule is CN1C(N)=C(C#N)[C@H](c2ccc(OCc3ccc(F)cc3)c(Br)c2)C2=C1CCCC2=O. The van der Waals surface area contributed by atoms with E-state index in [1.165, 1.54) is 12.1 Å². The molecule has 0 spiro atoms. The number of rotatable bonds is 4. The van der Waals surface area contributed by atoms with E-state index in [1.807, 2.05) is 12.1 Å². The number of hydrogen-bond donors (Lipinski definition) is 1. The smallest absolute Gasteiger partial charge is 0.161 e. The standard InChI is InChI=1S/C24H21BrFN3O2/c1-29-19-3-2-4-20(30)23(19)22(17(12-27)24(29)28)15-7-10-21(18(25)11-15)31-13-14-5-8-16(26)9-6-14/h5-11,22H,2-4,13,28H2,1H3/t22-/m0/s1. The average molecular weight is 482 g/mol. The lowest BCUT2D eigenvalue weighted by atomic mass is 9.76. The van der Waals surface area contributed by atoms with E-state index in [0.717, 1.165) is 29.7 Å². The maximum absolute atomic E-state index is 13.1. The molecule has 0 saturated carbocycles. The summed E-state index contributed by atoms with van der Waals surface area (Å²) in [6.07, 6.45) is 2.01. The minimum atomic E-state index is -0.494. The highest BCUT2D eigenvalue weighted by Crippen LogP contribution is 2.45. The van der Waals surface area contributed by atoms with Crippen molar-refractivity contribution >= 4 is 21.7 Å². The second-order valence-corrected chi connectivity index (χ2v) is 8.50.